The molecule has 0 saturated heterocycles. The predicted octanol–water partition coefficient (Wildman–Crippen LogP) is 6.04. The molecule has 3 aromatic rings. The summed E-state index contributed by atoms with van der Waals surface area (Å²) in [6.07, 6.45) is 4.62. The summed E-state index contributed by atoms with van der Waals surface area (Å²) in [5.74, 6) is 1.96. The van der Waals surface area contributed by atoms with E-state index in [2.05, 4.69) is 18.3 Å². The van der Waals surface area contributed by atoms with E-state index in [1.165, 1.54) is 6.42 Å². The SMILES string of the molecule is COc1ccc2cc(CC(=O)NC(C)C3CC4(CCC4)Oc4ccc(Cl)cc43)ccc2c1. The van der Waals surface area contributed by atoms with Gasteiger partial charge in [-0.25, -0.2) is 0 Å². The van der Waals surface area contributed by atoms with E-state index >= 15 is 0 Å². The molecule has 5 rings (SSSR count). The molecule has 1 fully saturated rings. The smallest absolute Gasteiger partial charge is 0.224 e. The largest absolute Gasteiger partial charge is 0.497 e. The van der Waals surface area contributed by atoms with Crippen molar-refractivity contribution >= 4 is 28.3 Å². The molecule has 1 amide bonds. The number of methoxy groups -OCH3 is 1. The third-order valence-corrected chi connectivity index (χ3v) is 7.26. The monoisotopic (exact) mass is 449 g/mol. The standard InChI is InChI=1S/C27H28ClNO3/c1-17(24-16-27(10-3-11-27)32-25-9-7-21(28)15-23(24)25)29-26(30)13-18-4-5-20-14-22(31-2)8-6-19(20)12-18/h4-9,12,14-15,17,24H,3,10-11,13,16H2,1-2H3,(H,29,30). The molecule has 4 nitrogen and oxygen atoms in total. The summed E-state index contributed by atoms with van der Waals surface area (Å²) in [6, 6.07) is 17.9. The van der Waals surface area contributed by atoms with Gasteiger partial charge in [-0.1, -0.05) is 35.9 Å². The predicted molar refractivity (Wildman–Crippen MR) is 128 cm³/mol. The van der Waals surface area contributed by atoms with Crippen LogP contribution in [-0.4, -0.2) is 24.7 Å². The van der Waals surface area contributed by atoms with Crippen LogP contribution in [0.2, 0.25) is 5.02 Å². The van der Waals surface area contributed by atoms with Crippen LogP contribution in [0.4, 0.5) is 0 Å². The zero-order chi connectivity index (χ0) is 22.3. The van der Waals surface area contributed by atoms with Gasteiger partial charge in [0.05, 0.1) is 13.5 Å². The fourth-order valence-corrected chi connectivity index (χ4v) is 5.29. The van der Waals surface area contributed by atoms with Gasteiger partial charge in [-0.15, -0.1) is 0 Å². The Morgan fingerprint density at radius 3 is 2.69 bits per heavy atom. The number of carbonyl (C=O) groups excluding carboxylic acids is 1. The Morgan fingerprint density at radius 1 is 1.16 bits per heavy atom. The molecule has 1 heterocycles. The topological polar surface area (TPSA) is 47.6 Å². The first-order valence-corrected chi connectivity index (χ1v) is 11.7. The number of halogens is 1. The van der Waals surface area contributed by atoms with Crippen LogP contribution in [0.5, 0.6) is 11.5 Å². The lowest BCUT2D eigenvalue weighted by atomic mass is 9.69. The molecule has 2 atom stereocenters. The Balaban J connectivity index is 1.31. The van der Waals surface area contributed by atoms with E-state index in [1.54, 1.807) is 7.11 Å². The number of carbonyl (C=O) groups is 1. The maximum absolute atomic E-state index is 12.9. The Hall–Kier alpha value is -2.72. The summed E-state index contributed by atoms with van der Waals surface area (Å²) in [5.41, 5.74) is 2.02. The van der Waals surface area contributed by atoms with Gasteiger partial charge in [0.25, 0.3) is 0 Å². The van der Waals surface area contributed by atoms with Crippen molar-refractivity contribution in [3.63, 3.8) is 0 Å². The van der Waals surface area contributed by atoms with Gasteiger partial charge in [-0.05, 0) is 79.3 Å². The maximum atomic E-state index is 12.9. The van der Waals surface area contributed by atoms with Gasteiger partial charge in [-0.2, -0.15) is 0 Å². The van der Waals surface area contributed by atoms with E-state index in [1.807, 2.05) is 48.5 Å². The molecule has 1 spiro atoms. The molecule has 1 saturated carbocycles. The van der Waals surface area contributed by atoms with Gasteiger partial charge in [-0.3, -0.25) is 4.79 Å². The first-order chi connectivity index (χ1) is 15.4. The Kier molecular flexibility index (Phi) is 5.50. The third kappa shape index (κ3) is 4.04. The van der Waals surface area contributed by atoms with E-state index in [0.717, 1.165) is 52.7 Å². The number of hydrogen-bond donors (Lipinski definition) is 1. The number of ether oxygens (including phenoxy) is 2. The normalized spacial score (nSPS) is 19.5. The van der Waals surface area contributed by atoms with E-state index < -0.39 is 0 Å². The first-order valence-electron chi connectivity index (χ1n) is 11.3. The van der Waals surface area contributed by atoms with Gasteiger partial charge in [0.2, 0.25) is 5.91 Å². The van der Waals surface area contributed by atoms with Crippen LogP contribution in [0.3, 0.4) is 0 Å². The molecule has 1 N–H and O–H groups in total. The molecular weight excluding hydrogens is 422 g/mol. The highest BCUT2D eigenvalue weighted by Gasteiger charge is 2.46. The third-order valence-electron chi connectivity index (χ3n) is 7.02. The average molecular weight is 450 g/mol. The van der Waals surface area contributed by atoms with Crippen LogP contribution < -0.4 is 14.8 Å². The summed E-state index contributed by atoms with van der Waals surface area (Å²) in [6.45, 7) is 2.09. The molecule has 0 radical (unpaired) electrons. The number of amides is 1. The van der Waals surface area contributed by atoms with Crippen molar-refractivity contribution in [2.75, 3.05) is 7.11 Å². The quantitative estimate of drug-likeness (QED) is 0.516. The van der Waals surface area contributed by atoms with Crippen molar-refractivity contribution in [2.45, 2.75) is 56.6 Å². The summed E-state index contributed by atoms with van der Waals surface area (Å²) < 4.78 is 11.7. The Bertz CT molecular complexity index is 1170. The molecule has 1 aliphatic heterocycles. The molecule has 3 aromatic carbocycles. The lowest BCUT2D eigenvalue weighted by Gasteiger charge is -2.49. The van der Waals surface area contributed by atoms with E-state index in [-0.39, 0.29) is 23.5 Å². The number of rotatable bonds is 5. The van der Waals surface area contributed by atoms with E-state index in [9.17, 15) is 4.79 Å². The average Bonchev–Trinajstić information content (AvgIpc) is 2.76. The van der Waals surface area contributed by atoms with Crippen molar-refractivity contribution in [3.05, 3.63) is 70.7 Å². The summed E-state index contributed by atoms with van der Waals surface area (Å²) in [5, 5.41) is 6.16. The van der Waals surface area contributed by atoms with Crippen LogP contribution in [0, 0.1) is 0 Å². The van der Waals surface area contributed by atoms with Crippen molar-refractivity contribution in [2.24, 2.45) is 0 Å². The number of fused-ring (bicyclic) bond motifs is 2. The molecule has 1 aliphatic carbocycles. The second kappa shape index (κ2) is 8.32. The number of nitrogens with one attached hydrogen (secondary N) is 1. The second-order valence-corrected chi connectivity index (χ2v) is 9.65. The van der Waals surface area contributed by atoms with Crippen molar-refractivity contribution in [3.8, 4) is 11.5 Å². The molecule has 0 aromatic heterocycles. The molecule has 0 bridgehead atoms. The van der Waals surface area contributed by atoms with Gasteiger partial charge in [0.15, 0.2) is 0 Å². The van der Waals surface area contributed by atoms with Crippen LogP contribution in [0.25, 0.3) is 10.8 Å². The fraction of sp³-hybridized carbons (Fsp3) is 0.370. The summed E-state index contributed by atoms with van der Waals surface area (Å²) in [7, 11) is 1.67. The van der Waals surface area contributed by atoms with Crippen LogP contribution >= 0.6 is 11.6 Å². The van der Waals surface area contributed by atoms with E-state index in [0.29, 0.717) is 11.4 Å². The number of benzene rings is 3. The highest BCUT2D eigenvalue weighted by Crippen LogP contribution is 2.51. The van der Waals surface area contributed by atoms with Crippen molar-refractivity contribution in [1.29, 1.82) is 0 Å². The van der Waals surface area contributed by atoms with Gasteiger partial charge in [0, 0.05) is 22.5 Å². The van der Waals surface area contributed by atoms with E-state index in [4.69, 9.17) is 21.1 Å². The van der Waals surface area contributed by atoms with Crippen LogP contribution in [0.1, 0.15) is 49.7 Å². The van der Waals surface area contributed by atoms with Gasteiger partial charge in [0.1, 0.15) is 17.1 Å². The second-order valence-electron chi connectivity index (χ2n) is 9.21. The van der Waals surface area contributed by atoms with Crippen molar-refractivity contribution in [1.82, 2.24) is 5.32 Å². The summed E-state index contributed by atoms with van der Waals surface area (Å²) >= 11 is 6.29. The molecule has 2 aliphatic rings. The Labute approximate surface area is 193 Å². The zero-order valence-electron chi connectivity index (χ0n) is 18.5. The van der Waals surface area contributed by atoms with Crippen LogP contribution in [0.15, 0.2) is 54.6 Å². The number of hydrogen-bond acceptors (Lipinski definition) is 3. The highest BCUT2D eigenvalue weighted by molar-refractivity contribution is 6.30. The molecule has 32 heavy (non-hydrogen) atoms. The van der Waals surface area contributed by atoms with Crippen LogP contribution in [-0.2, 0) is 11.2 Å². The lowest BCUT2D eigenvalue weighted by molar-refractivity contribution is -0.121. The minimum Gasteiger partial charge on any atom is -0.497 e. The molecule has 5 heteroatoms. The minimum absolute atomic E-state index is 0.00851. The zero-order valence-corrected chi connectivity index (χ0v) is 19.2. The van der Waals surface area contributed by atoms with Gasteiger partial charge >= 0.3 is 0 Å². The molecule has 166 valence electrons. The highest BCUT2D eigenvalue weighted by atomic mass is 35.5. The Morgan fingerprint density at radius 2 is 1.94 bits per heavy atom. The molecule has 2 unspecified atom stereocenters. The minimum atomic E-state index is -0.0795. The first kappa shape index (κ1) is 21.1. The van der Waals surface area contributed by atoms with Gasteiger partial charge < -0.3 is 14.8 Å². The summed E-state index contributed by atoms with van der Waals surface area (Å²) in [4.78, 5) is 12.9. The lowest BCUT2D eigenvalue weighted by Crippen LogP contribution is -2.50. The maximum Gasteiger partial charge on any atom is 0.224 e. The molecular formula is C27H28ClNO3. The van der Waals surface area contributed by atoms with Crippen molar-refractivity contribution < 1.29 is 14.3 Å². The fourth-order valence-electron chi connectivity index (χ4n) is 5.11.